The van der Waals surface area contributed by atoms with Crippen molar-refractivity contribution < 1.29 is 33.9 Å². The van der Waals surface area contributed by atoms with Crippen LogP contribution in [0.2, 0.25) is 0 Å². The number of benzene rings is 1. The van der Waals surface area contributed by atoms with Crippen LogP contribution in [-0.4, -0.2) is 97.9 Å². The highest BCUT2D eigenvalue weighted by atomic mass is 16.3. The Labute approximate surface area is 330 Å². The Bertz CT molecular complexity index is 1650. The fraction of sp³-hybridized carbons (Fsp3) is 0.634. The molecule has 4 rings (SSSR count). The number of unbranched alkanes of at least 4 members (excludes halogenated alkanes) is 5. The smallest absolute Gasteiger partial charge is 0.246 e. The average Bonchev–Trinajstić information content (AvgIpc) is 3.45. The summed E-state index contributed by atoms with van der Waals surface area (Å²) in [6.07, 6.45) is 12.6. The molecule has 1 aromatic heterocycles. The van der Waals surface area contributed by atoms with Crippen LogP contribution < -0.4 is 27.0 Å². The molecule has 2 aliphatic rings. The summed E-state index contributed by atoms with van der Waals surface area (Å²) in [7, 11) is 0. The van der Waals surface area contributed by atoms with Crippen LogP contribution in [0.3, 0.4) is 0 Å². The lowest BCUT2D eigenvalue weighted by Crippen LogP contribution is -2.61. The lowest BCUT2D eigenvalue weighted by atomic mass is 10.0. The number of imidazole rings is 1. The summed E-state index contributed by atoms with van der Waals surface area (Å²) in [5, 5.41) is 20.9. The minimum atomic E-state index is -1.44. The van der Waals surface area contributed by atoms with Gasteiger partial charge in [-0.3, -0.25) is 28.8 Å². The van der Waals surface area contributed by atoms with Crippen molar-refractivity contribution in [3.8, 4) is 0 Å². The van der Waals surface area contributed by atoms with E-state index in [1.54, 1.807) is 19.4 Å². The number of hydrogen-bond donors (Lipinski definition) is 6. The first-order valence-corrected chi connectivity index (χ1v) is 20.2. The molecule has 2 heterocycles. The number of nitrogens with two attached hydrogens (primary N) is 1. The van der Waals surface area contributed by atoms with Crippen LogP contribution in [0.25, 0.3) is 0 Å². The SMILES string of the molecule is CC[C@H](NC(=O)C(CO)NC(=O)[C@H](Cc1cncn1CCCCCCCCc1ccccc1)NC(=O)[C@@]1(NC(=O)[C@@H]2CCCN2C(C)=O)CC1C(C)C)C(N)=O. The second-order valence-electron chi connectivity index (χ2n) is 15.7. The lowest BCUT2D eigenvalue weighted by molar-refractivity contribution is -0.139. The van der Waals surface area contributed by atoms with Gasteiger partial charge in [-0.25, -0.2) is 4.98 Å². The van der Waals surface area contributed by atoms with Crippen molar-refractivity contribution in [2.24, 2.45) is 17.6 Å². The normalized spacial score (nSPS) is 20.5. The maximum absolute atomic E-state index is 14.3. The molecule has 6 atom stereocenters. The maximum atomic E-state index is 14.3. The first-order chi connectivity index (χ1) is 26.8. The molecule has 1 aliphatic carbocycles. The first kappa shape index (κ1) is 43.9. The van der Waals surface area contributed by atoms with Crippen LogP contribution in [0.15, 0.2) is 42.9 Å². The molecule has 2 fully saturated rings. The van der Waals surface area contributed by atoms with Crippen LogP contribution in [-0.2, 0) is 48.2 Å². The average molecular weight is 779 g/mol. The fourth-order valence-corrected chi connectivity index (χ4v) is 7.77. The molecule has 7 N–H and O–H groups in total. The van der Waals surface area contributed by atoms with E-state index in [0.717, 1.165) is 44.9 Å². The molecule has 1 aromatic carbocycles. The van der Waals surface area contributed by atoms with E-state index < -0.39 is 65.8 Å². The minimum absolute atomic E-state index is 0.00675. The standard InChI is InChI=1S/C41H62N8O7/c1-5-32(36(42)52)44-38(54)34(25-50)45-37(53)33(22-30-24-43-26-48(30)20-14-9-7-6-8-11-16-29-17-12-10-13-18-29)46-40(56)41(23-31(41)27(2)3)47-39(55)35-19-15-21-49(35)28(4)51/h10,12-13,17-18,24,26-27,31-35,50H,5-9,11,14-16,19-23,25H2,1-4H3,(H2,42,52)(H,44,54)(H,45,53)(H,46,56)(H,47,55)/t31?,32-,33-,34?,35-,41+/m0/s1. The predicted octanol–water partition coefficient (Wildman–Crippen LogP) is 1.89. The Hall–Kier alpha value is -4.79. The maximum Gasteiger partial charge on any atom is 0.246 e. The number of hydrogen-bond acceptors (Lipinski definition) is 8. The molecule has 56 heavy (non-hydrogen) atoms. The molecule has 1 aliphatic heterocycles. The molecular weight excluding hydrogens is 716 g/mol. The monoisotopic (exact) mass is 778 g/mol. The van der Waals surface area contributed by atoms with E-state index >= 15 is 0 Å². The molecule has 1 saturated heterocycles. The highest BCUT2D eigenvalue weighted by molar-refractivity contribution is 6.00. The highest BCUT2D eigenvalue weighted by Crippen LogP contribution is 2.49. The summed E-state index contributed by atoms with van der Waals surface area (Å²) in [5.41, 5.74) is 6.11. The molecule has 0 radical (unpaired) electrons. The second-order valence-corrected chi connectivity index (χ2v) is 15.7. The molecular formula is C41H62N8O7. The summed E-state index contributed by atoms with van der Waals surface area (Å²) >= 11 is 0. The Balaban J connectivity index is 1.45. The zero-order chi connectivity index (χ0) is 40.8. The number of nitrogens with one attached hydrogen (secondary N) is 4. The van der Waals surface area contributed by atoms with Gasteiger partial charge >= 0.3 is 0 Å². The predicted molar refractivity (Wildman–Crippen MR) is 210 cm³/mol. The first-order valence-electron chi connectivity index (χ1n) is 20.2. The van der Waals surface area contributed by atoms with Crippen LogP contribution in [0, 0.1) is 11.8 Å². The van der Waals surface area contributed by atoms with Crippen LogP contribution >= 0.6 is 0 Å². The number of aryl methyl sites for hydroxylation is 2. The van der Waals surface area contributed by atoms with E-state index in [2.05, 4.69) is 50.5 Å². The number of primary amides is 1. The molecule has 0 spiro atoms. The molecule has 1 saturated carbocycles. The van der Waals surface area contributed by atoms with Crippen molar-refractivity contribution in [1.29, 1.82) is 0 Å². The van der Waals surface area contributed by atoms with E-state index in [1.807, 2.05) is 24.5 Å². The van der Waals surface area contributed by atoms with Gasteiger partial charge in [0.15, 0.2) is 0 Å². The van der Waals surface area contributed by atoms with Gasteiger partial charge in [-0.2, -0.15) is 0 Å². The van der Waals surface area contributed by atoms with E-state index in [0.29, 0.717) is 38.0 Å². The van der Waals surface area contributed by atoms with Crippen molar-refractivity contribution in [3.05, 3.63) is 54.1 Å². The number of nitrogens with zero attached hydrogens (tertiary/aromatic N) is 3. The number of amides is 6. The molecule has 2 aromatic rings. The minimum Gasteiger partial charge on any atom is -0.394 e. The van der Waals surface area contributed by atoms with E-state index in [1.165, 1.54) is 17.4 Å². The van der Waals surface area contributed by atoms with E-state index in [4.69, 9.17) is 5.73 Å². The third-order valence-electron chi connectivity index (χ3n) is 11.2. The number of aliphatic hydroxyl groups excluding tert-OH is 1. The number of aliphatic hydroxyl groups is 1. The quantitative estimate of drug-likeness (QED) is 0.0914. The molecule has 15 nitrogen and oxygen atoms in total. The third kappa shape index (κ3) is 11.9. The van der Waals surface area contributed by atoms with Gasteiger partial charge in [0.25, 0.3) is 0 Å². The van der Waals surface area contributed by atoms with Crippen LogP contribution in [0.1, 0.15) is 103 Å². The molecule has 2 unspecified atom stereocenters. The van der Waals surface area contributed by atoms with Crippen molar-refractivity contribution in [1.82, 2.24) is 35.7 Å². The summed E-state index contributed by atoms with van der Waals surface area (Å²) in [6.45, 7) is 7.32. The Kier molecular flexibility index (Phi) is 16.4. The second kappa shape index (κ2) is 20.9. The number of aromatic nitrogens is 2. The van der Waals surface area contributed by atoms with Crippen molar-refractivity contribution in [2.45, 2.75) is 141 Å². The molecule has 15 heteroatoms. The summed E-state index contributed by atoms with van der Waals surface area (Å²) in [5.74, 6) is -3.70. The van der Waals surface area contributed by atoms with E-state index in [9.17, 15) is 33.9 Å². The van der Waals surface area contributed by atoms with Crippen molar-refractivity contribution in [2.75, 3.05) is 13.2 Å². The van der Waals surface area contributed by atoms with Gasteiger partial charge in [0, 0.05) is 38.3 Å². The van der Waals surface area contributed by atoms with Gasteiger partial charge in [-0.1, -0.05) is 76.8 Å². The Morgan fingerprint density at radius 1 is 0.929 bits per heavy atom. The Morgan fingerprint density at radius 2 is 1.59 bits per heavy atom. The zero-order valence-corrected chi connectivity index (χ0v) is 33.4. The number of likely N-dealkylation sites (tertiary alicyclic amines) is 1. The van der Waals surface area contributed by atoms with Gasteiger partial charge in [0.2, 0.25) is 35.4 Å². The van der Waals surface area contributed by atoms with E-state index in [-0.39, 0.29) is 30.6 Å². The lowest BCUT2D eigenvalue weighted by Gasteiger charge is -2.29. The van der Waals surface area contributed by atoms with Crippen LogP contribution in [0.4, 0.5) is 0 Å². The van der Waals surface area contributed by atoms with Crippen molar-refractivity contribution >= 4 is 35.4 Å². The van der Waals surface area contributed by atoms with Gasteiger partial charge in [0.1, 0.15) is 29.7 Å². The highest BCUT2D eigenvalue weighted by Gasteiger charge is 2.63. The zero-order valence-electron chi connectivity index (χ0n) is 33.4. The van der Waals surface area contributed by atoms with Gasteiger partial charge < -0.3 is 41.6 Å². The van der Waals surface area contributed by atoms with Gasteiger partial charge in [-0.05, 0) is 62.3 Å². The fourth-order valence-electron chi connectivity index (χ4n) is 7.77. The molecule has 0 bridgehead atoms. The van der Waals surface area contributed by atoms with Gasteiger partial charge in [-0.15, -0.1) is 0 Å². The topological polar surface area (TPSA) is 218 Å². The summed E-state index contributed by atoms with van der Waals surface area (Å²) < 4.78 is 1.94. The number of carbonyl (C=O) groups excluding carboxylic acids is 6. The summed E-state index contributed by atoms with van der Waals surface area (Å²) in [6, 6.07) is 6.11. The van der Waals surface area contributed by atoms with Gasteiger partial charge in [0.05, 0.1) is 12.9 Å². The third-order valence-corrected chi connectivity index (χ3v) is 11.2. The summed E-state index contributed by atoms with van der Waals surface area (Å²) in [4.78, 5) is 84.8. The van der Waals surface area contributed by atoms with Crippen molar-refractivity contribution in [3.63, 3.8) is 0 Å². The number of carbonyl (C=O) groups is 6. The van der Waals surface area contributed by atoms with Crippen LogP contribution in [0.5, 0.6) is 0 Å². The molecule has 308 valence electrons. The molecule has 6 amide bonds. The Morgan fingerprint density at radius 3 is 2.21 bits per heavy atom. The largest absolute Gasteiger partial charge is 0.394 e. The number of rotatable bonds is 23.